The van der Waals surface area contributed by atoms with Crippen molar-refractivity contribution in [3.05, 3.63) is 95.6 Å². The van der Waals surface area contributed by atoms with Crippen molar-refractivity contribution >= 4 is 17.5 Å². The molecular weight excluding hydrogens is 376 g/mol. The second-order valence-corrected chi connectivity index (χ2v) is 6.87. The Morgan fingerprint density at radius 3 is 2.27 bits per heavy atom. The Labute approximate surface area is 177 Å². The Morgan fingerprint density at radius 2 is 1.53 bits per heavy atom. The molecule has 0 aliphatic rings. The van der Waals surface area contributed by atoms with Gasteiger partial charge in [-0.15, -0.1) is 0 Å². The normalized spacial score (nSPS) is 10.3. The Balaban J connectivity index is 1.53. The van der Waals surface area contributed by atoms with Gasteiger partial charge in [0.05, 0.1) is 11.3 Å². The number of carbonyl (C=O) groups excluding carboxylic acids is 2. The second kappa shape index (κ2) is 10.8. The summed E-state index contributed by atoms with van der Waals surface area (Å²) in [5.41, 5.74) is 3.25. The van der Waals surface area contributed by atoms with Crippen LogP contribution >= 0.6 is 0 Å². The molecule has 3 rings (SSSR count). The lowest BCUT2D eigenvalue weighted by molar-refractivity contribution is -0.118. The van der Waals surface area contributed by atoms with Gasteiger partial charge in [-0.2, -0.15) is 0 Å². The average molecular weight is 402 g/mol. The van der Waals surface area contributed by atoms with E-state index in [9.17, 15) is 9.59 Å². The maximum absolute atomic E-state index is 12.6. The Morgan fingerprint density at radius 1 is 0.833 bits per heavy atom. The van der Waals surface area contributed by atoms with Gasteiger partial charge in [-0.3, -0.25) is 9.59 Å². The predicted octanol–water partition coefficient (Wildman–Crippen LogP) is 4.24. The van der Waals surface area contributed by atoms with Crippen LogP contribution in [-0.2, 0) is 17.6 Å². The SMILES string of the molecule is CCc1ccc(OCC(=O)Nc2ccccc2C(=O)NCCc2ccccc2)cc1. The minimum Gasteiger partial charge on any atom is -0.484 e. The number of para-hydroxylation sites is 1. The van der Waals surface area contributed by atoms with Crippen LogP contribution in [0.1, 0.15) is 28.4 Å². The zero-order chi connectivity index (χ0) is 21.2. The van der Waals surface area contributed by atoms with Crippen LogP contribution in [-0.4, -0.2) is 25.0 Å². The first-order valence-electron chi connectivity index (χ1n) is 10.1. The summed E-state index contributed by atoms with van der Waals surface area (Å²) in [6.45, 7) is 2.47. The van der Waals surface area contributed by atoms with E-state index in [1.54, 1.807) is 24.3 Å². The highest BCUT2D eigenvalue weighted by atomic mass is 16.5. The van der Waals surface area contributed by atoms with Crippen LogP contribution in [0.3, 0.4) is 0 Å². The lowest BCUT2D eigenvalue weighted by Crippen LogP contribution is -2.28. The van der Waals surface area contributed by atoms with Crippen LogP contribution in [0, 0.1) is 0 Å². The van der Waals surface area contributed by atoms with Gasteiger partial charge in [0.2, 0.25) is 0 Å². The van der Waals surface area contributed by atoms with Crippen molar-refractivity contribution in [1.82, 2.24) is 5.32 Å². The van der Waals surface area contributed by atoms with E-state index >= 15 is 0 Å². The van der Waals surface area contributed by atoms with Crippen molar-refractivity contribution in [3.8, 4) is 5.75 Å². The van der Waals surface area contributed by atoms with E-state index in [4.69, 9.17) is 4.74 Å². The van der Waals surface area contributed by atoms with Crippen LogP contribution in [0.25, 0.3) is 0 Å². The number of carbonyl (C=O) groups is 2. The molecule has 2 N–H and O–H groups in total. The first-order chi connectivity index (χ1) is 14.7. The van der Waals surface area contributed by atoms with E-state index in [1.165, 1.54) is 5.56 Å². The highest BCUT2D eigenvalue weighted by Crippen LogP contribution is 2.16. The maximum Gasteiger partial charge on any atom is 0.262 e. The summed E-state index contributed by atoms with van der Waals surface area (Å²) in [5.74, 6) is 0.0892. The molecule has 0 saturated carbocycles. The lowest BCUT2D eigenvalue weighted by atomic mass is 10.1. The number of ether oxygens (including phenoxy) is 1. The Hall–Kier alpha value is -3.60. The standard InChI is InChI=1S/C25H26N2O3/c1-2-19-12-14-21(15-13-19)30-18-24(28)27-23-11-7-6-10-22(23)25(29)26-17-16-20-8-4-3-5-9-20/h3-15H,2,16-18H2,1H3,(H,26,29)(H,27,28). The van der Waals surface area contributed by atoms with Gasteiger partial charge in [-0.05, 0) is 48.2 Å². The fraction of sp³-hybridized carbons (Fsp3) is 0.200. The van der Waals surface area contributed by atoms with Crippen molar-refractivity contribution in [1.29, 1.82) is 0 Å². The minimum absolute atomic E-state index is 0.130. The molecule has 0 radical (unpaired) electrons. The monoisotopic (exact) mass is 402 g/mol. The topological polar surface area (TPSA) is 67.4 Å². The van der Waals surface area contributed by atoms with Gasteiger partial charge in [-0.25, -0.2) is 0 Å². The van der Waals surface area contributed by atoms with Gasteiger partial charge in [0.15, 0.2) is 6.61 Å². The Kier molecular flexibility index (Phi) is 7.61. The number of hydrogen-bond acceptors (Lipinski definition) is 3. The quantitative estimate of drug-likeness (QED) is 0.563. The van der Waals surface area contributed by atoms with E-state index in [0.29, 0.717) is 23.5 Å². The molecule has 0 heterocycles. The van der Waals surface area contributed by atoms with Crippen LogP contribution in [0.4, 0.5) is 5.69 Å². The lowest BCUT2D eigenvalue weighted by Gasteiger charge is -2.12. The van der Waals surface area contributed by atoms with Crippen molar-refractivity contribution < 1.29 is 14.3 Å². The molecule has 3 aromatic rings. The number of hydrogen-bond donors (Lipinski definition) is 2. The summed E-state index contributed by atoms with van der Waals surface area (Å²) >= 11 is 0. The number of nitrogens with one attached hydrogen (secondary N) is 2. The number of rotatable bonds is 9. The van der Waals surface area contributed by atoms with Crippen molar-refractivity contribution in [2.24, 2.45) is 0 Å². The third-order valence-electron chi connectivity index (χ3n) is 4.69. The van der Waals surface area contributed by atoms with Gasteiger partial charge in [0.25, 0.3) is 11.8 Å². The van der Waals surface area contributed by atoms with E-state index in [1.807, 2.05) is 54.6 Å². The number of anilines is 1. The molecule has 0 bridgehead atoms. The van der Waals surface area contributed by atoms with Crippen LogP contribution < -0.4 is 15.4 Å². The van der Waals surface area contributed by atoms with Crippen LogP contribution in [0.5, 0.6) is 5.75 Å². The zero-order valence-corrected chi connectivity index (χ0v) is 17.1. The molecule has 0 fully saturated rings. The number of amides is 2. The molecule has 154 valence electrons. The summed E-state index contributed by atoms with van der Waals surface area (Å²) in [5, 5.41) is 5.68. The smallest absolute Gasteiger partial charge is 0.262 e. The van der Waals surface area contributed by atoms with Gasteiger partial charge in [-0.1, -0.05) is 61.5 Å². The van der Waals surface area contributed by atoms with Crippen molar-refractivity contribution in [3.63, 3.8) is 0 Å². The molecule has 0 spiro atoms. The molecular formula is C25H26N2O3. The molecule has 0 saturated heterocycles. The van der Waals surface area contributed by atoms with Gasteiger partial charge in [0, 0.05) is 6.54 Å². The molecule has 2 amide bonds. The molecule has 3 aromatic carbocycles. The molecule has 0 unspecified atom stereocenters. The molecule has 0 aromatic heterocycles. The first kappa shape index (κ1) is 21.1. The Bertz CT molecular complexity index is 969. The van der Waals surface area contributed by atoms with E-state index < -0.39 is 0 Å². The molecule has 5 nitrogen and oxygen atoms in total. The fourth-order valence-electron chi connectivity index (χ4n) is 3.01. The van der Waals surface area contributed by atoms with Gasteiger partial charge in [0.1, 0.15) is 5.75 Å². The summed E-state index contributed by atoms with van der Waals surface area (Å²) in [7, 11) is 0. The molecule has 0 atom stereocenters. The number of aryl methyl sites for hydroxylation is 1. The zero-order valence-electron chi connectivity index (χ0n) is 17.1. The summed E-state index contributed by atoms with van der Waals surface area (Å²) in [6, 6.07) is 24.6. The summed E-state index contributed by atoms with van der Waals surface area (Å²) in [4.78, 5) is 24.9. The van der Waals surface area contributed by atoms with E-state index in [0.717, 1.165) is 18.4 Å². The highest BCUT2D eigenvalue weighted by molar-refractivity contribution is 6.04. The van der Waals surface area contributed by atoms with Crippen LogP contribution in [0.2, 0.25) is 0 Å². The first-order valence-corrected chi connectivity index (χ1v) is 10.1. The highest BCUT2D eigenvalue weighted by Gasteiger charge is 2.13. The van der Waals surface area contributed by atoms with E-state index in [2.05, 4.69) is 17.6 Å². The summed E-state index contributed by atoms with van der Waals surface area (Å²) in [6.07, 6.45) is 1.69. The third kappa shape index (κ3) is 6.21. The van der Waals surface area contributed by atoms with Gasteiger partial charge < -0.3 is 15.4 Å². The van der Waals surface area contributed by atoms with Crippen LogP contribution in [0.15, 0.2) is 78.9 Å². The number of benzene rings is 3. The largest absolute Gasteiger partial charge is 0.484 e. The minimum atomic E-state index is -0.320. The molecule has 30 heavy (non-hydrogen) atoms. The third-order valence-corrected chi connectivity index (χ3v) is 4.69. The molecule has 0 aliphatic carbocycles. The second-order valence-electron chi connectivity index (χ2n) is 6.87. The van der Waals surface area contributed by atoms with Crippen molar-refractivity contribution in [2.75, 3.05) is 18.5 Å². The fourth-order valence-corrected chi connectivity index (χ4v) is 3.01. The predicted molar refractivity (Wildman–Crippen MR) is 119 cm³/mol. The van der Waals surface area contributed by atoms with Gasteiger partial charge >= 0.3 is 0 Å². The van der Waals surface area contributed by atoms with E-state index in [-0.39, 0.29) is 18.4 Å². The maximum atomic E-state index is 12.6. The summed E-state index contributed by atoms with van der Waals surface area (Å²) < 4.78 is 5.54. The molecule has 5 heteroatoms. The molecule has 0 aliphatic heterocycles. The average Bonchev–Trinajstić information content (AvgIpc) is 2.79. The van der Waals surface area contributed by atoms with Crippen molar-refractivity contribution in [2.45, 2.75) is 19.8 Å².